The van der Waals surface area contributed by atoms with Crippen LogP contribution in [-0.2, 0) is 0 Å². The zero-order chi connectivity index (χ0) is 11.1. The third-order valence-electron chi connectivity index (χ3n) is 2.39. The Morgan fingerprint density at radius 2 is 1.86 bits per heavy atom. The second kappa shape index (κ2) is 7.17. The van der Waals surface area contributed by atoms with Crippen LogP contribution in [0.25, 0.3) is 0 Å². The van der Waals surface area contributed by atoms with Gasteiger partial charge in [0.15, 0.2) is 0 Å². The van der Waals surface area contributed by atoms with Gasteiger partial charge in [-0.1, -0.05) is 6.92 Å². The third kappa shape index (κ3) is 6.32. The van der Waals surface area contributed by atoms with E-state index in [4.69, 9.17) is 5.11 Å². The molecular weight excluding hydrogens is 180 g/mol. The van der Waals surface area contributed by atoms with Gasteiger partial charge in [-0.15, -0.1) is 0 Å². The lowest BCUT2D eigenvalue weighted by molar-refractivity contribution is 0.124. The molecule has 3 N–H and O–H groups in total. The molecule has 0 aromatic carbocycles. The Bertz CT molecular complexity index is 142. The molecule has 3 unspecified atom stereocenters. The van der Waals surface area contributed by atoms with Crippen LogP contribution < -0.4 is 5.32 Å². The second-order valence-corrected chi connectivity index (χ2v) is 4.27. The van der Waals surface area contributed by atoms with Crippen LogP contribution in [0.5, 0.6) is 0 Å². The van der Waals surface area contributed by atoms with E-state index in [0.717, 1.165) is 0 Å². The average Bonchev–Trinajstić information content (AvgIpc) is 2.11. The van der Waals surface area contributed by atoms with E-state index in [9.17, 15) is 5.11 Å². The monoisotopic (exact) mass is 204 g/mol. The van der Waals surface area contributed by atoms with Gasteiger partial charge in [0.25, 0.3) is 0 Å². The lowest BCUT2D eigenvalue weighted by Crippen LogP contribution is -2.41. The largest absolute Gasteiger partial charge is 0.396 e. The highest BCUT2D eigenvalue weighted by Gasteiger charge is 2.12. The minimum absolute atomic E-state index is 0.179. The van der Waals surface area contributed by atoms with Crippen molar-refractivity contribution in [1.29, 1.82) is 0 Å². The molecule has 0 aromatic rings. The van der Waals surface area contributed by atoms with Crippen LogP contribution in [0.1, 0.15) is 13.8 Å². The van der Waals surface area contributed by atoms with Crippen LogP contribution in [0.4, 0.5) is 0 Å². The molecule has 0 rings (SSSR count). The fourth-order valence-electron chi connectivity index (χ4n) is 1.17. The maximum atomic E-state index is 9.56. The van der Waals surface area contributed by atoms with E-state index < -0.39 is 0 Å². The van der Waals surface area contributed by atoms with Gasteiger partial charge in [0.1, 0.15) is 0 Å². The maximum Gasteiger partial charge on any atom is 0.0791 e. The van der Waals surface area contributed by atoms with E-state index in [1.54, 1.807) is 0 Å². The van der Waals surface area contributed by atoms with Crippen molar-refractivity contribution < 1.29 is 10.2 Å². The van der Waals surface area contributed by atoms with Crippen molar-refractivity contribution in [1.82, 2.24) is 10.2 Å². The highest BCUT2D eigenvalue weighted by Crippen LogP contribution is 2.00. The van der Waals surface area contributed by atoms with Crippen LogP contribution in [0.15, 0.2) is 0 Å². The summed E-state index contributed by atoms with van der Waals surface area (Å²) in [6.45, 7) is 5.41. The number of likely N-dealkylation sites (N-methyl/N-ethyl adjacent to an activating group) is 1. The van der Waals surface area contributed by atoms with Crippen molar-refractivity contribution in [3.8, 4) is 0 Å². The fourth-order valence-corrected chi connectivity index (χ4v) is 1.17. The van der Waals surface area contributed by atoms with Crippen molar-refractivity contribution in [2.24, 2.45) is 5.92 Å². The maximum absolute atomic E-state index is 9.56. The second-order valence-electron chi connectivity index (χ2n) is 4.27. The van der Waals surface area contributed by atoms with Gasteiger partial charge in [-0.25, -0.2) is 0 Å². The summed E-state index contributed by atoms with van der Waals surface area (Å²) in [7, 11) is 3.87. The summed E-state index contributed by atoms with van der Waals surface area (Å²) < 4.78 is 0. The highest BCUT2D eigenvalue weighted by atomic mass is 16.3. The van der Waals surface area contributed by atoms with Gasteiger partial charge in [-0.2, -0.15) is 0 Å². The zero-order valence-electron chi connectivity index (χ0n) is 9.70. The molecule has 0 heterocycles. The number of hydrogen-bond donors (Lipinski definition) is 3. The van der Waals surface area contributed by atoms with Crippen LogP contribution >= 0.6 is 0 Å². The lowest BCUT2D eigenvalue weighted by atomic mass is 10.1. The number of nitrogens with one attached hydrogen (secondary N) is 1. The Hall–Kier alpha value is -0.160. The molecule has 0 amide bonds. The normalized spacial score (nSPS) is 18.2. The molecule has 0 radical (unpaired) electrons. The summed E-state index contributed by atoms with van der Waals surface area (Å²) in [5.41, 5.74) is 0. The average molecular weight is 204 g/mol. The SMILES string of the molecule is CC(CO)C(C)NCC(O)CN(C)C. The fraction of sp³-hybridized carbons (Fsp3) is 1.00. The smallest absolute Gasteiger partial charge is 0.0791 e. The number of aliphatic hydroxyl groups is 2. The molecule has 0 spiro atoms. The first-order valence-corrected chi connectivity index (χ1v) is 5.14. The van der Waals surface area contributed by atoms with Crippen LogP contribution in [0, 0.1) is 5.92 Å². The molecule has 0 aliphatic carbocycles. The quantitative estimate of drug-likeness (QED) is 0.524. The van der Waals surface area contributed by atoms with Gasteiger partial charge in [0.05, 0.1) is 6.10 Å². The van der Waals surface area contributed by atoms with Crippen molar-refractivity contribution in [2.75, 3.05) is 33.8 Å². The van der Waals surface area contributed by atoms with Gasteiger partial charge in [0.2, 0.25) is 0 Å². The van der Waals surface area contributed by atoms with Crippen LogP contribution in [-0.4, -0.2) is 61.1 Å². The molecule has 0 saturated carbocycles. The molecule has 0 aliphatic heterocycles. The third-order valence-corrected chi connectivity index (χ3v) is 2.39. The Balaban J connectivity index is 3.60. The number of hydrogen-bond acceptors (Lipinski definition) is 4. The van der Waals surface area contributed by atoms with E-state index >= 15 is 0 Å². The molecule has 0 bridgehead atoms. The standard InChI is InChI=1S/C10H24N2O2/c1-8(7-13)9(2)11-5-10(14)6-12(3)4/h8-11,13-14H,5-7H2,1-4H3. The van der Waals surface area contributed by atoms with Crippen molar-refractivity contribution in [3.63, 3.8) is 0 Å². The molecule has 3 atom stereocenters. The summed E-state index contributed by atoms with van der Waals surface area (Å²) in [6, 6.07) is 0.233. The van der Waals surface area contributed by atoms with Crippen LogP contribution in [0.3, 0.4) is 0 Å². The highest BCUT2D eigenvalue weighted by molar-refractivity contribution is 4.70. The zero-order valence-corrected chi connectivity index (χ0v) is 9.70. The predicted octanol–water partition coefficient (Wildman–Crippen LogP) is -0.485. The van der Waals surface area contributed by atoms with Crippen molar-refractivity contribution in [3.05, 3.63) is 0 Å². The van der Waals surface area contributed by atoms with Gasteiger partial charge in [0, 0.05) is 25.7 Å². The summed E-state index contributed by atoms with van der Waals surface area (Å²) in [6.07, 6.45) is -0.349. The van der Waals surface area contributed by atoms with E-state index in [1.165, 1.54) is 0 Å². The van der Waals surface area contributed by atoms with Crippen molar-refractivity contribution in [2.45, 2.75) is 26.0 Å². The van der Waals surface area contributed by atoms with E-state index in [-0.39, 0.29) is 24.7 Å². The first kappa shape index (κ1) is 13.8. The number of nitrogens with zero attached hydrogens (tertiary/aromatic N) is 1. The molecular formula is C10H24N2O2. The van der Waals surface area contributed by atoms with Gasteiger partial charge >= 0.3 is 0 Å². The van der Waals surface area contributed by atoms with E-state index in [1.807, 2.05) is 32.8 Å². The molecule has 0 aromatic heterocycles. The van der Waals surface area contributed by atoms with E-state index in [2.05, 4.69) is 5.32 Å². The Labute approximate surface area is 86.9 Å². The Morgan fingerprint density at radius 3 is 2.29 bits per heavy atom. The van der Waals surface area contributed by atoms with E-state index in [0.29, 0.717) is 13.1 Å². The molecule has 14 heavy (non-hydrogen) atoms. The molecule has 0 saturated heterocycles. The van der Waals surface area contributed by atoms with Crippen LogP contribution in [0.2, 0.25) is 0 Å². The first-order valence-electron chi connectivity index (χ1n) is 5.14. The molecule has 0 fully saturated rings. The van der Waals surface area contributed by atoms with Gasteiger partial charge in [-0.3, -0.25) is 0 Å². The Kier molecular flexibility index (Phi) is 7.09. The van der Waals surface area contributed by atoms with Gasteiger partial charge in [-0.05, 0) is 26.9 Å². The number of aliphatic hydroxyl groups excluding tert-OH is 2. The lowest BCUT2D eigenvalue weighted by Gasteiger charge is -2.22. The van der Waals surface area contributed by atoms with Gasteiger partial charge < -0.3 is 20.4 Å². The molecule has 86 valence electrons. The minimum Gasteiger partial charge on any atom is -0.396 e. The predicted molar refractivity (Wildman–Crippen MR) is 58.3 cm³/mol. The number of rotatable bonds is 7. The summed E-state index contributed by atoms with van der Waals surface area (Å²) in [4.78, 5) is 1.95. The topological polar surface area (TPSA) is 55.7 Å². The first-order chi connectivity index (χ1) is 6.47. The Morgan fingerprint density at radius 1 is 1.29 bits per heavy atom. The molecule has 4 heteroatoms. The molecule has 0 aliphatic rings. The summed E-state index contributed by atoms with van der Waals surface area (Å²) in [5, 5.41) is 21.7. The molecule has 4 nitrogen and oxygen atoms in total. The van der Waals surface area contributed by atoms with Crippen molar-refractivity contribution >= 4 is 0 Å². The summed E-state index contributed by atoms with van der Waals surface area (Å²) >= 11 is 0. The minimum atomic E-state index is -0.349. The summed E-state index contributed by atoms with van der Waals surface area (Å²) in [5.74, 6) is 0.224.